The Kier molecular flexibility index (Phi) is 4.10. The molecule has 0 unspecified atom stereocenters. The summed E-state index contributed by atoms with van der Waals surface area (Å²) in [4.78, 5) is 28.1. The zero-order chi connectivity index (χ0) is 18.3. The van der Waals surface area contributed by atoms with Crippen LogP contribution < -0.4 is 15.3 Å². The standard InChI is InChI=1S/C17H16BN3O5/c22-16(11-4-10-6-19-8-13(10)20-7-11)21-14-5-9-2-1-3-12(17(23)24)15(9)26-18(14)25/h1-4,7,14,19,25H,5-6,8H2,(H,21,22)(H,23,24)/t14-/m0/s1. The molecular weight excluding hydrogens is 337 g/mol. The van der Waals surface area contributed by atoms with E-state index >= 15 is 0 Å². The third-order valence-corrected chi connectivity index (χ3v) is 4.60. The number of carbonyl (C=O) groups excluding carboxylic acids is 1. The van der Waals surface area contributed by atoms with E-state index in [2.05, 4.69) is 15.6 Å². The molecule has 2 aliphatic heterocycles. The maximum Gasteiger partial charge on any atom is 0.547 e. The minimum absolute atomic E-state index is 0.0124. The summed E-state index contributed by atoms with van der Waals surface area (Å²) >= 11 is 0. The van der Waals surface area contributed by atoms with Crippen molar-refractivity contribution >= 4 is 19.0 Å². The van der Waals surface area contributed by atoms with Crippen molar-refractivity contribution in [1.82, 2.24) is 15.6 Å². The van der Waals surface area contributed by atoms with Crippen molar-refractivity contribution in [2.75, 3.05) is 0 Å². The molecule has 1 atom stereocenters. The fourth-order valence-corrected chi connectivity index (χ4v) is 3.26. The molecule has 2 aliphatic rings. The monoisotopic (exact) mass is 353 g/mol. The highest BCUT2D eigenvalue weighted by atomic mass is 16.5. The minimum Gasteiger partial charge on any atom is -0.534 e. The van der Waals surface area contributed by atoms with Gasteiger partial charge >= 0.3 is 13.1 Å². The van der Waals surface area contributed by atoms with Crippen LogP contribution in [0, 0.1) is 0 Å². The van der Waals surface area contributed by atoms with Gasteiger partial charge in [0.15, 0.2) is 0 Å². The van der Waals surface area contributed by atoms with Crippen LogP contribution in [0.3, 0.4) is 0 Å². The molecule has 0 aliphatic carbocycles. The first kappa shape index (κ1) is 16.6. The van der Waals surface area contributed by atoms with E-state index in [4.69, 9.17) is 4.65 Å². The molecule has 3 heterocycles. The Morgan fingerprint density at radius 1 is 1.31 bits per heavy atom. The van der Waals surface area contributed by atoms with Gasteiger partial charge in [0.2, 0.25) is 0 Å². The molecule has 0 fully saturated rings. The van der Waals surface area contributed by atoms with Crippen molar-refractivity contribution in [3.8, 4) is 5.75 Å². The summed E-state index contributed by atoms with van der Waals surface area (Å²) in [6, 6.07) is 6.52. The molecule has 8 nitrogen and oxygen atoms in total. The Morgan fingerprint density at radius 2 is 2.15 bits per heavy atom. The minimum atomic E-state index is -1.34. The summed E-state index contributed by atoms with van der Waals surface area (Å²) in [6.45, 7) is 1.36. The molecule has 4 rings (SSSR count). The number of aromatic carboxylic acids is 1. The van der Waals surface area contributed by atoms with E-state index in [-0.39, 0.29) is 23.6 Å². The van der Waals surface area contributed by atoms with Crippen LogP contribution in [0.5, 0.6) is 5.75 Å². The molecule has 0 spiro atoms. The Morgan fingerprint density at radius 3 is 2.96 bits per heavy atom. The Bertz CT molecular complexity index is 904. The molecular formula is C17H16BN3O5. The van der Waals surface area contributed by atoms with Gasteiger partial charge in [0.1, 0.15) is 5.75 Å². The number of carboxylic acid groups (broad SMARTS) is 1. The maximum atomic E-state index is 12.5. The highest BCUT2D eigenvalue weighted by Gasteiger charge is 2.38. The van der Waals surface area contributed by atoms with Crippen LogP contribution >= 0.6 is 0 Å². The molecule has 2 aromatic rings. The molecule has 0 radical (unpaired) electrons. The number of benzene rings is 1. The van der Waals surface area contributed by atoms with E-state index in [0.29, 0.717) is 24.2 Å². The average Bonchev–Trinajstić information content (AvgIpc) is 3.09. The number of hydrogen-bond donors (Lipinski definition) is 4. The van der Waals surface area contributed by atoms with Crippen LogP contribution in [-0.4, -0.2) is 40.1 Å². The SMILES string of the molecule is O=C(N[C@H]1Cc2cccc(C(=O)O)c2OB1O)c1cnc2c(c1)CNC2. The van der Waals surface area contributed by atoms with Gasteiger partial charge in [-0.3, -0.25) is 9.78 Å². The summed E-state index contributed by atoms with van der Waals surface area (Å²) in [7, 11) is -1.34. The topological polar surface area (TPSA) is 121 Å². The summed E-state index contributed by atoms with van der Waals surface area (Å²) < 4.78 is 5.38. The zero-order valence-corrected chi connectivity index (χ0v) is 13.7. The number of nitrogens with one attached hydrogen (secondary N) is 2. The number of nitrogens with zero attached hydrogens (tertiary/aromatic N) is 1. The lowest BCUT2D eigenvalue weighted by molar-refractivity contribution is 0.0693. The first-order valence-electron chi connectivity index (χ1n) is 8.22. The number of fused-ring (bicyclic) bond motifs is 2. The molecule has 26 heavy (non-hydrogen) atoms. The first-order chi connectivity index (χ1) is 12.5. The Labute approximate surface area is 149 Å². The molecule has 132 valence electrons. The van der Waals surface area contributed by atoms with Crippen LogP contribution in [0.4, 0.5) is 0 Å². The average molecular weight is 353 g/mol. The van der Waals surface area contributed by atoms with E-state index in [0.717, 1.165) is 11.3 Å². The number of amides is 1. The van der Waals surface area contributed by atoms with E-state index in [1.54, 1.807) is 18.2 Å². The van der Waals surface area contributed by atoms with Crippen LogP contribution in [0.15, 0.2) is 30.5 Å². The van der Waals surface area contributed by atoms with Gasteiger partial charge in [-0.25, -0.2) is 4.79 Å². The van der Waals surface area contributed by atoms with E-state index in [9.17, 15) is 19.7 Å². The van der Waals surface area contributed by atoms with E-state index < -0.39 is 19.0 Å². The highest BCUT2D eigenvalue weighted by molar-refractivity contribution is 6.47. The largest absolute Gasteiger partial charge is 0.547 e. The maximum absolute atomic E-state index is 12.5. The quantitative estimate of drug-likeness (QED) is 0.579. The number of carbonyl (C=O) groups is 2. The molecule has 4 N–H and O–H groups in total. The van der Waals surface area contributed by atoms with Gasteiger partial charge in [0.05, 0.1) is 22.8 Å². The summed E-state index contributed by atoms with van der Waals surface area (Å²) in [5, 5.41) is 25.3. The lowest BCUT2D eigenvalue weighted by atomic mass is 9.72. The predicted octanol–water partition coefficient (Wildman–Crippen LogP) is 0.136. The van der Waals surface area contributed by atoms with Gasteiger partial charge in [-0.15, -0.1) is 0 Å². The molecule has 0 bridgehead atoms. The van der Waals surface area contributed by atoms with Gasteiger partial charge in [-0.05, 0) is 29.7 Å². The lowest BCUT2D eigenvalue weighted by Crippen LogP contribution is -2.53. The number of para-hydroxylation sites is 1. The van der Waals surface area contributed by atoms with E-state index in [1.807, 2.05) is 0 Å². The molecule has 1 amide bonds. The van der Waals surface area contributed by atoms with Crippen molar-refractivity contribution in [1.29, 1.82) is 0 Å². The van der Waals surface area contributed by atoms with Crippen molar-refractivity contribution in [3.63, 3.8) is 0 Å². The summed E-state index contributed by atoms with van der Waals surface area (Å²) in [5.74, 6) is -2.04. The van der Waals surface area contributed by atoms with Gasteiger partial charge in [0.25, 0.3) is 5.91 Å². The smallest absolute Gasteiger partial charge is 0.534 e. The predicted molar refractivity (Wildman–Crippen MR) is 91.7 cm³/mol. The van der Waals surface area contributed by atoms with Crippen LogP contribution in [0.25, 0.3) is 0 Å². The van der Waals surface area contributed by atoms with Gasteiger partial charge in [0, 0.05) is 19.3 Å². The fraction of sp³-hybridized carbons (Fsp3) is 0.235. The second kappa shape index (κ2) is 6.43. The number of rotatable bonds is 3. The van der Waals surface area contributed by atoms with Crippen LogP contribution in [0.1, 0.15) is 37.5 Å². The lowest BCUT2D eigenvalue weighted by Gasteiger charge is -2.28. The van der Waals surface area contributed by atoms with Gasteiger partial charge < -0.3 is 25.4 Å². The Balaban J connectivity index is 1.53. The van der Waals surface area contributed by atoms with Crippen LogP contribution in [-0.2, 0) is 19.5 Å². The highest BCUT2D eigenvalue weighted by Crippen LogP contribution is 2.30. The zero-order valence-electron chi connectivity index (χ0n) is 13.7. The van der Waals surface area contributed by atoms with Crippen molar-refractivity contribution in [3.05, 3.63) is 58.4 Å². The molecule has 1 aromatic carbocycles. The molecule has 1 aromatic heterocycles. The third kappa shape index (κ3) is 2.91. The van der Waals surface area contributed by atoms with Gasteiger partial charge in [-0.2, -0.15) is 0 Å². The fourth-order valence-electron chi connectivity index (χ4n) is 3.26. The van der Waals surface area contributed by atoms with Crippen molar-refractivity contribution < 1.29 is 24.4 Å². The summed E-state index contributed by atoms with van der Waals surface area (Å²) in [5.41, 5.74) is 2.93. The van der Waals surface area contributed by atoms with Crippen molar-refractivity contribution in [2.24, 2.45) is 0 Å². The second-order valence-electron chi connectivity index (χ2n) is 6.32. The molecule has 9 heteroatoms. The van der Waals surface area contributed by atoms with Crippen LogP contribution in [0.2, 0.25) is 0 Å². The van der Waals surface area contributed by atoms with E-state index in [1.165, 1.54) is 12.3 Å². The molecule has 0 saturated carbocycles. The molecule has 0 saturated heterocycles. The normalized spacial score (nSPS) is 17.9. The Hall–Kier alpha value is -2.91. The first-order valence-corrected chi connectivity index (χ1v) is 8.22. The summed E-state index contributed by atoms with van der Waals surface area (Å²) in [6.07, 6.45) is 1.77. The van der Waals surface area contributed by atoms with Crippen molar-refractivity contribution in [2.45, 2.75) is 25.5 Å². The number of pyridine rings is 1. The third-order valence-electron chi connectivity index (χ3n) is 4.60. The second-order valence-corrected chi connectivity index (χ2v) is 6.32. The number of aromatic nitrogens is 1. The van der Waals surface area contributed by atoms with Gasteiger partial charge in [-0.1, -0.05) is 12.1 Å². The number of hydrogen-bond acceptors (Lipinski definition) is 6. The number of carboxylic acids is 1.